The molecule has 7 heteroatoms. The van der Waals surface area contributed by atoms with Crippen LogP contribution in [-0.4, -0.2) is 21.0 Å². The minimum absolute atomic E-state index is 0.0752. The van der Waals surface area contributed by atoms with Gasteiger partial charge in [0, 0.05) is 12.3 Å². The zero-order chi connectivity index (χ0) is 14.5. The van der Waals surface area contributed by atoms with Crippen LogP contribution in [0.4, 0.5) is 11.5 Å². The molecule has 0 spiro atoms. The first-order valence-electron chi connectivity index (χ1n) is 5.73. The average Bonchev–Trinajstić information content (AvgIpc) is 2.45. The van der Waals surface area contributed by atoms with Crippen molar-refractivity contribution >= 4 is 17.5 Å². The highest BCUT2D eigenvalue weighted by Gasteiger charge is 2.24. The summed E-state index contributed by atoms with van der Waals surface area (Å²) < 4.78 is 0. The van der Waals surface area contributed by atoms with Crippen LogP contribution in [0, 0.1) is 10.1 Å². The molecule has 1 aromatic heterocycles. The smallest absolute Gasteiger partial charge is 0.330 e. The van der Waals surface area contributed by atoms with Gasteiger partial charge in [0.2, 0.25) is 5.82 Å². The van der Waals surface area contributed by atoms with E-state index < -0.39 is 16.9 Å². The molecule has 0 aliphatic rings. The number of aliphatic carboxylic acids is 1. The third kappa shape index (κ3) is 2.89. The molecule has 1 unspecified atom stereocenters. The number of carbonyl (C=O) groups is 1. The second-order valence-electron chi connectivity index (χ2n) is 3.95. The van der Waals surface area contributed by atoms with E-state index in [9.17, 15) is 20.0 Å². The van der Waals surface area contributed by atoms with Crippen molar-refractivity contribution in [2.75, 3.05) is 5.32 Å². The van der Waals surface area contributed by atoms with E-state index in [0.717, 1.165) is 0 Å². The summed E-state index contributed by atoms with van der Waals surface area (Å²) in [6, 6.07) is 9.97. The molecule has 1 atom stereocenters. The van der Waals surface area contributed by atoms with Gasteiger partial charge in [-0.15, -0.1) is 0 Å². The standard InChI is InChI=1S/C13H11N3O4/c17-13(18)11(9-5-2-1-3-6-9)15-12-10(16(19)20)7-4-8-14-12/h1-8,11H,(H,14,15)(H,17,18). The fraction of sp³-hybridized carbons (Fsp3) is 0.0769. The van der Waals surface area contributed by atoms with Crippen LogP contribution < -0.4 is 5.32 Å². The number of rotatable bonds is 5. The van der Waals surface area contributed by atoms with Crippen LogP contribution in [0.2, 0.25) is 0 Å². The van der Waals surface area contributed by atoms with E-state index in [4.69, 9.17) is 0 Å². The first kappa shape index (κ1) is 13.5. The van der Waals surface area contributed by atoms with Crippen LogP contribution >= 0.6 is 0 Å². The number of nitrogens with one attached hydrogen (secondary N) is 1. The normalized spacial score (nSPS) is 11.6. The summed E-state index contributed by atoms with van der Waals surface area (Å²) in [6.07, 6.45) is 1.36. The van der Waals surface area contributed by atoms with Crippen LogP contribution in [0.1, 0.15) is 11.6 Å². The highest BCUT2D eigenvalue weighted by Crippen LogP contribution is 2.25. The minimum atomic E-state index is -1.14. The Hall–Kier alpha value is -2.96. The van der Waals surface area contributed by atoms with E-state index in [-0.39, 0.29) is 11.5 Å². The number of hydrogen-bond donors (Lipinski definition) is 2. The lowest BCUT2D eigenvalue weighted by Gasteiger charge is -2.15. The third-order valence-corrected chi connectivity index (χ3v) is 2.64. The molecule has 0 amide bonds. The number of aromatic nitrogens is 1. The summed E-state index contributed by atoms with van der Waals surface area (Å²) in [4.78, 5) is 25.4. The Morgan fingerprint density at radius 1 is 1.25 bits per heavy atom. The Kier molecular flexibility index (Phi) is 3.90. The summed E-state index contributed by atoms with van der Waals surface area (Å²) in [5.41, 5.74) is 0.217. The van der Waals surface area contributed by atoms with E-state index in [1.807, 2.05) is 0 Å². The van der Waals surface area contributed by atoms with Gasteiger partial charge in [-0.3, -0.25) is 10.1 Å². The number of nitro groups is 1. The molecule has 1 aromatic carbocycles. The van der Waals surface area contributed by atoms with Gasteiger partial charge < -0.3 is 10.4 Å². The molecule has 0 aliphatic carbocycles. The minimum Gasteiger partial charge on any atom is -0.479 e. The number of benzene rings is 1. The van der Waals surface area contributed by atoms with Crippen molar-refractivity contribution in [2.24, 2.45) is 0 Å². The lowest BCUT2D eigenvalue weighted by molar-refractivity contribution is -0.384. The Morgan fingerprint density at radius 3 is 2.55 bits per heavy atom. The maximum Gasteiger partial charge on any atom is 0.330 e. The van der Waals surface area contributed by atoms with Crippen molar-refractivity contribution < 1.29 is 14.8 Å². The summed E-state index contributed by atoms with van der Waals surface area (Å²) >= 11 is 0. The average molecular weight is 273 g/mol. The van der Waals surface area contributed by atoms with Gasteiger partial charge in [-0.1, -0.05) is 30.3 Å². The molecule has 1 heterocycles. The van der Waals surface area contributed by atoms with Crippen LogP contribution in [0.15, 0.2) is 48.7 Å². The summed E-state index contributed by atoms with van der Waals surface area (Å²) in [7, 11) is 0. The van der Waals surface area contributed by atoms with Gasteiger partial charge in [0.1, 0.15) is 0 Å². The quantitative estimate of drug-likeness (QED) is 0.639. The second-order valence-corrected chi connectivity index (χ2v) is 3.95. The fourth-order valence-corrected chi connectivity index (χ4v) is 1.73. The molecule has 0 saturated carbocycles. The molecule has 0 saturated heterocycles. The van der Waals surface area contributed by atoms with E-state index in [1.165, 1.54) is 18.3 Å². The summed E-state index contributed by atoms with van der Waals surface area (Å²) in [5.74, 6) is -1.22. The van der Waals surface area contributed by atoms with E-state index in [0.29, 0.717) is 5.56 Å². The number of hydrogen-bond acceptors (Lipinski definition) is 5. The van der Waals surface area contributed by atoms with Gasteiger partial charge in [-0.05, 0) is 11.6 Å². The molecule has 102 valence electrons. The van der Waals surface area contributed by atoms with Crippen LogP contribution in [0.3, 0.4) is 0 Å². The van der Waals surface area contributed by atoms with Crippen molar-refractivity contribution in [1.82, 2.24) is 4.98 Å². The maximum atomic E-state index is 11.3. The number of pyridine rings is 1. The zero-order valence-corrected chi connectivity index (χ0v) is 10.3. The van der Waals surface area contributed by atoms with Crippen molar-refractivity contribution in [3.63, 3.8) is 0 Å². The molecular formula is C13H11N3O4. The van der Waals surface area contributed by atoms with Crippen LogP contribution in [0.5, 0.6) is 0 Å². The predicted octanol–water partition coefficient (Wildman–Crippen LogP) is 2.23. The SMILES string of the molecule is O=C(O)C(Nc1ncccc1[N+](=O)[O-])c1ccccc1. The van der Waals surface area contributed by atoms with Crippen molar-refractivity contribution in [2.45, 2.75) is 6.04 Å². The van der Waals surface area contributed by atoms with Gasteiger partial charge in [-0.2, -0.15) is 0 Å². The molecule has 20 heavy (non-hydrogen) atoms. The molecule has 0 radical (unpaired) electrons. The maximum absolute atomic E-state index is 11.3. The molecule has 2 aromatic rings. The topological polar surface area (TPSA) is 105 Å². The van der Waals surface area contributed by atoms with Crippen molar-refractivity contribution in [3.05, 3.63) is 64.3 Å². The largest absolute Gasteiger partial charge is 0.479 e. The molecule has 2 rings (SSSR count). The van der Waals surface area contributed by atoms with Gasteiger partial charge >= 0.3 is 11.7 Å². The van der Waals surface area contributed by atoms with Crippen molar-refractivity contribution in [3.8, 4) is 0 Å². The lowest BCUT2D eigenvalue weighted by atomic mass is 10.1. The van der Waals surface area contributed by atoms with E-state index in [2.05, 4.69) is 10.3 Å². The lowest BCUT2D eigenvalue weighted by Crippen LogP contribution is -2.21. The number of anilines is 1. The first-order valence-corrected chi connectivity index (χ1v) is 5.73. The van der Waals surface area contributed by atoms with Gasteiger partial charge in [0.05, 0.1) is 4.92 Å². The molecule has 0 bridgehead atoms. The molecule has 0 fully saturated rings. The first-order chi connectivity index (χ1) is 9.59. The number of nitrogens with zero attached hydrogens (tertiary/aromatic N) is 2. The fourth-order valence-electron chi connectivity index (χ4n) is 1.73. The van der Waals surface area contributed by atoms with E-state index in [1.54, 1.807) is 30.3 Å². The second kappa shape index (κ2) is 5.79. The molecule has 2 N–H and O–H groups in total. The Bertz CT molecular complexity index is 631. The summed E-state index contributed by atoms with van der Waals surface area (Å²) in [6.45, 7) is 0. The van der Waals surface area contributed by atoms with E-state index >= 15 is 0 Å². The Morgan fingerprint density at radius 2 is 1.95 bits per heavy atom. The Balaban J connectivity index is 2.35. The monoisotopic (exact) mass is 273 g/mol. The molecule has 7 nitrogen and oxygen atoms in total. The van der Waals surface area contributed by atoms with Crippen molar-refractivity contribution in [1.29, 1.82) is 0 Å². The van der Waals surface area contributed by atoms with Crippen LogP contribution in [-0.2, 0) is 4.79 Å². The van der Waals surface area contributed by atoms with Gasteiger partial charge in [0.25, 0.3) is 0 Å². The van der Waals surface area contributed by atoms with Gasteiger partial charge in [-0.25, -0.2) is 9.78 Å². The van der Waals surface area contributed by atoms with Gasteiger partial charge in [0.15, 0.2) is 6.04 Å². The molecular weight excluding hydrogens is 262 g/mol. The highest BCUT2D eigenvalue weighted by atomic mass is 16.6. The number of carboxylic acid groups (broad SMARTS) is 1. The zero-order valence-electron chi connectivity index (χ0n) is 10.3. The summed E-state index contributed by atoms with van der Waals surface area (Å²) in [5, 5.41) is 22.7. The Labute approximate surface area is 114 Å². The highest BCUT2D eigenvalue weighted by molar-refractivity contribution is 5.79. The predicted molar refractivity (Wildman–Crippen MR) is 71.3 cm³/mol. The number of carboxylic acids is 1. The molecule has 0 aliphatic heterocycles. The van der Waals surface area contributed by atoms with Crippen LogP contribution in [0.25, 0.3) is 0 Å². The third-order valence-electron chi connectivity index (χ3n) is 2.64.